The molecule has 0 amide bonds. The number of nitrogens with one attached hydrogen (secondary N) is 1. The van der Waals surface area contributed by atoms with Gasteiger partial charge in [0, 0.05) is 12.7 Å². The van der Waals surface area contributed by atoms with Gasteiger partial charge in [-0.05, 0) is 24.6 Å². The lowest BCUT2D eigenvalue weighted by Gasteiger charge is -2.08. The van der Waals surface area contributed by atoms with E-state index in [9.17, 15) is 4.79 Å². The average Bonchev–Trinajstić information content (AvgIpc) is 2.45. The van der Waals surface area contributed by atoms with Gasteiger partial charge in [0.15, 0.2) is 0 Å². The van der Waals surface area contributed by atoms with E-state index in [4.69, 9.17) is 9.84 Å². The lowest BCUT2D eigenvalue weighted by Crippen LogP contribution is -2.08. The fraction of sp³-hybridized carbons (Fsp3) is 0.214. The third-order valence-corrected chi connectivity index (χ3v) is 2.79. The molecule has 0 aliphatic heterocycles. The second-order valence-electron chi connectivity index (χ2n) is 4.20. The number of aromatic carboxylic acids is 1. The zero-order valence-corrected chi connectivity index (χ0v) is 11.3. The molecule has 0 aliphatic rings. The molecule has 0 unspecified atom stereocenters. The van der Waals surface area contributed by atoms with Gasteiger partial charge in [-0.25, -0.2) is 14.8 Å². The average molecular weight is 273 g/mol. The number of carbonyl (C=O) groups is 1. The van der Waals surface area contributed by atoms with Gasteiger partial charge < -0.3 is 15.2 Å². The lowest BCUT2D eigenvalue weighted by atomic mass is 10.2. The first-order valence-corrected chi connectivity index (χ1v) is 6.04. The molecule has 0 bridgehead atoms. The van der Waals surface area contributed by atoms with Crippen LogP contribution >= 0.6 is 0 Å². The molecular formula is C14H15N3O3. The van der Waals surface area contributed by atoms with E-state index in [1.807, 2.05) is 24.3 Å². The Kier molecular flexibility index (Phi) is 4.14. The van der Waals surface area contributed by atoms with Crippen LogP contribution in [0.5, 0.6) is 5.75 Å². The Balaban J connectivity index is 2.07. The zero-order chi connectivity index (χ0) is 14.5. The van der Waals surface area contributed by atoms with Crippen molar-refractivity contribution in [2.45, 2.75) is 13.5 Å². The standard InChI is InChI=1S/C14H15N3O3/c1-9-12(13(18)19)8-16-14(17-9)15-7-10-4-3-5-11(6-10)20-2/h3-6,8H,7H2,1-2H3,(H,18,19)(H,15,16,17). The molecule has 0 spiro atoms. The highest BCUT2D eigenvalue weighted by Crippen LogP contribution is 2.14. The molecule has 6 heteroatoms. The minimum absolute atomic E-state index is 0.108. The van der Waals surface area contributed by atoms with Crippen molar-refractivity contribution in [1.29, 1.82) is 0 Å². The van der Waals surface area contributed by atoms with Crippen molar-refractivity contribution in [1.82, 2.24) is 9.97 Å². The number of ether oxygens (including phenoxy) is 1. The normalized spacial score (nSPS) is 10.1. The van der Waals surface area contributed by atoms with Gasteiger partial charge in [-0.15, -0.1) is 0 Å². The Morgan fingerprint density at radius 1 is 1.45 bits per heavy atom. The Morgan fingerprint density at radius 2 is 2.25 bits per heavy atom. The summed E-state index contributed by atoms with van der Waals surface area (Å²) in [5.74, 6) is 0.153. The molecule has 0 aliphatic carbocycles. The number of anilines is 1. The van der Waals surface area contributed by atoms with Crippen LogP contribution in [0.3, 0.4) is 0 Å². The van der Waals surface area contributed by atoms with Crippen molar-refractivity contribution >= 4 is 11.9 Å². The van der Waals surface area contributed by atoms with Gasteiger partial charge in [-0.3, -0.25) is 0 Å². The summed E-state index contributed by atoms with van der Waals surface area (Å²) >= 11 is 0. The first kappa shape index (κ1) is 13.8. The summed E-state index contributed by atoms with van der Waals surface area (Å²) in [6, 6.07) is 7.63. The molecule has 2 aromatic rings. The van der Waals surface area contributed by atoms with Gasteiger partial charge in [0.05, 0.1) is 18.4 Å². The molecule has 104 valence electrons. The van der Waals surface area contributed by atoms with E-state index in [0.29, 0.717) is 18.2 Å². The quantitative estimate of drug-likeness (QED) is 0.868. The van der Waals surface area contributed by atoms with Crippen LogP contribution in [0.2, 0.25) is 0 Å². The van der Waals surface area contributed by atoms with Crippen LogP contribution in [0.1, 0.15) is 21.6 Å². The largest absolute Gasteiger partial charge is 0.497 e. The maximum Gasteiger partial charge on any atom is 0.339 e. The van der Waals surface area contributed by atoms with E-state index in [2.05, 4.69) is 15.3 Å². The molecule has 2 rings (SSSR count). The summed E-state index contributed by atoms with van der Waals surface area (Å²) in [5.41, 5.74) is 1.56. The maximum atomic E-state index is 10.9. The number of carboxylic acid groups (broad SMARTS) is 1. The first-order chi connectivity index (χ1) is 9.60. The molecule has 1 heterocycles. The van der Waals surface area contributed by atoms with Crippen molar-refractivity contribution in [3.8, 4) is 5.75 Å². The van der Waals surface area contributed by atoms with E-state index >= 15 is 0 Å². The third kappa shape index (κ3) is 3.23. The van der Waals surface area contributed by atoms with Crippen LogP contribution in [0.4, 0.5) is 5.95 Å². The van der Waals surface area contributed by atoms with Crippen LogP contribution in [-0.2, 0) is 6.54 Å². The molecule has 1 aromatic carbocycles. The molecule has 0 fully saturated rings. The maximum absolute atomic E-state index is 10.9. The Bertz CT molecular complexity index is 629. The van der Waals surface area contributed by atoms with E-state index in [-0.39, 0.29) is 5.56 Å². The lowest BCUT2D eigenvalue weighted by molar-refractivity contribution is 0.0695. The topological polar surface area (TPSA) is 84.3 Å². The highest BCUT2D eigenvalue weighted by atomic mass is 16.5. The van der Waals surface area contributed by atoms with Gasteiger partial charge >= 0.3 is 5.97 Å². The minimum Gasteiger partial charge on any atom is -0.497 e. The van der Waals surface area contributed by atoms with Gasteiger partial charge in [0.25, 0.3) is 0 Å². The fourth-order valence-electron chi connectivity index (χ4n) is 1.73. The monoisotopic (exact) mass is 273 g/mol. The Labute approximate surface area is 116 Å². The minimum atomic E-state index is -1.03. The molecule has 2 N–H and O–H groups in total. The summed E-state index contributed by atoms with van der Waals surface area (Å²) in [4.78, 5) is 19.0. The predicted molar refractivity (Wildman–Crippen MR) is 74.0 cm³/mol. The Morgan fingerprint density at radius 3 is 2.90 bits per heavy atom. The molecule has 1 aromatic heterocycles. The van der Waals surface area contributed by atoms with Gasteiger partial charge in [-0.2, -0.15) is 0 Å². The highest BCUT2D eigenvalue weighted by molar-refractivity contribution is 5.88. The van der Waals surface area contributed by atoms with Gasteiger partial charge in [0.2, 0.25) is 5.95 Å². The molecule has 0 radical (unpaired) electrons. The summed E-state index contributed by atoms with van der Waals surface area (Å²) in [6.07, 6.45) is 1.30. The number of nitrogens with zero attached hydrogens (tertiary/aromatic N) is 2. The fourth-order valence-corrected chi connectivity index (χ4v) is 1.73. The second kappa shape index (κ2) is 6.01. The van der Waals surface area contributed by atoms with Crippen LogP contribution in [0, 0.1) is 6.92 Å². The number of benzene rings is 1. The molecule has 0 saturated carbocycles. The van der Waals surface area contributed by atoms with E-state index in [1.165, 1.54) is 6.20 Å². The van der Waals surface area contributed by atoms with Crippen LogP contribution in [-0.4, -0.2) is 28.2 Å². The number of carboxylic acids is 1. The van der Waals surface area contributed by atoms with Crippen molar-refractivity contribution in [3.05, 3.63) is 47.3 Å². The zero-order valence-electron chi connectivity index (χ0n) is 11.3. The summed E-state index contributed by atoms with van der Waals surface area (Å²) < 4.78 is 5.14. The Hall–Kier alpha value is -2.63. The van der Waals surface area contributed by atoms with E-state index < -0.39 is 5.97 Å². The predicted octanol–water partition coefficient (Wildman–Crippen LogP) is 2.10. The second-order valence-corrected chi connectivity index (χ2v) is 4.20. The summed E-state index contributed by atoms with van der Waals surface area (Å²) in [7, 11) is 1.61. The van der Waals surface area contributed by atoms with Crippen molar-refractivity contribution < 1.29 is 14.6 Å². The molecule has 0 atom stereocenters. The molecule has 20 heavy (non-hydrogen) atoms. The van der Waals surface area contributed by atoms with Gasteiger partial charge in [0.1, 0.15) is 5.75 Å². The van der Waals surface area contributed by atoms with Crippen molar-refractivity contribution in [2.24, 2.45) is 0 Å². The van der Waals surface area contributed by atoms with Crippen molar-refractivity contribution in [2.75, 3.05) is 12.4 Å². The van der Waals surface area contributed by atoms with Crippen molar-refractivity contribution in [3.63, 3.8) is 0 Å². The van der Waals surface area contributed by atoms with E-state index in [1.54, 1.807) is 14.0 Å². The summed E-state index contributed by atoms with van der Waals surface area (Å²) in [5, 5.41) is 12.0. The number of methoxy groups -OCH3 is 1. The van der Waals surface area contributed by atoms with Crippen LogP contribution in [0.25, 0.3) is 0 Å². The number of aromatic nitrogens is 2. The van der Waals surface area contributed by atoms with Crippen LogP contribution in [0.15, 0.2) is 30.5 Å². The number of aryl methyl sites for hydroxylation is 1. The number of hydrogen-bond acceptors (Lipinski definition) is 5. The molecule has 6 nitrogen and oxygen atoms in total. The smallest absolute Gasteiger partial charge is 0.339 e. The highest BCUT2D eigenvalue weighted by Gasteiger charge is 2.09. The molecule has 0 saturated heterocycles. The number of rotatable bonds is 5. The van der Waals surface area contributed by atoms with Crippen LogP contribution < -0.4 is 10.1 Å². The first-order valence-electron chi connectivity index (χ1n) is 6.04. The van der Waals surface area contributed by atoms with E-state index in [0.717, 1.165) is 11.3 Å². The number of hydrogen-bond donors (Lipinski definition) is 2. The SMILES string of the molecule is COc1cccc(CNc2ncc(C(=O)O)c(C)n2)c1. The third-order valence-electron chi connectivity index (χ3n) is 2.79. The summed E-state index contributed by atoms with van der Waals surface area (Å²) in [6.45, 7) is 2.17. The van der Waals surface area contributed by atoms with Gasteiger partial charge in [-0.1, -0.05) is 12.1 Å². The molecular weight excluding hydrogens is 258 g/mol.